The Morgan fingerprint density at radius 3 is 2.74 bits per heavy atom. The van der Waals surface area contributed by atoms with Gasteiger partial charge in [0.25, 0.3) is 0 Å². The van der Waals surface area contributed by atoms with E-state index in [2.05, 4.69) is 24.8 Å². The summed E-state index contributed by atoms with van der Waals surface area (Å²) in [5, 5.41) is 8.90. The molecular weight excluding hydrogens is 239 g/mol. The van der Waals surface area contributed by atoms with E-state index in [1.807, 2.05) is 0 Å². The van der Waals surface area contributed by atoms with Gasteiger partial charge in [-0.3, -0.25) is 4.90 Å². The smallest absolute Gasteiger partial charge is 0.127 e. The second-order valence-electron chi connectivity index (χ2n) is 5.80. The third kappa shape index (κ3) is 4.04. The summed E-state index contributed by atoms with van der Waals surface area (Å²) in [6.45, 7) is 6.06. The van der Waals surface area contributed by atoms with Crippen molar-refractivity contribution in [2.75, 3.05) is 6.54 Å². The minimum atomic E-state index is -0.200. The van der Waals surface area contributed by atoms with Gasteiger partial charge in [-0.05, 0) is 49.9 Å². The molecule has 0 spiro atoms. The van der Waals surface area contributed by atoms with Crippen LogP contribution >= 0.6 is 0 Å². The van der Waals surface area contributed by atoms with Crippen LogP contribution in [0.3, 0.4) is 0 Å². The summed E-state index contributed by atoms with van der Waals surface area (Å²) >= 11 is 0. The minimum absolute atomic E-state index is 0.200. The zero-order valence-corrected chi connectivity index (χ0v) is 11.7. The van der Waals surface area contributed by atoms with Crippen molar-refractivity contribution in [2.45, 2.75) is 45.7 Å². The number of hydrogen-bond donors (Lipinski definition) is 0. The Hall–Kier alpha value is -1.40. The molecule has 102 valence electrons. The SMILES string of the molecule is CC(C)CCN(Cc1cc(C#N)ccc1F)C1CC1. The van der Waals surface area contributed by atoms with E-state index in [9.17, 15) is 4.39 Å². The van der Waals surface area contributed by atoms with E-state index in [0.29, 0.717) is 29.6 Å². The lowest BCUT2D eigenvalue weighted by molar-refractivity contribution is 0.236. The number of nitriles is 1. The molecular formula is C16H21FN2. The first-order valence-corrected chi connectivity index (χ1v) is 7.02. The van der Waals surface area contributed by atoms with Gasteiger partial charge in [0.05, 0.1) is 11.6 Å². The maximum absolute atomic E-state index is 13.8. The highest BCUT2D eigenvalue weighted by Gasteiger charge is 2.29. The van der Waals surface area contributed by atoms with Crippen LogP contribution in [0.25, 0.3) is 0 Å². The predicted octanol–water partition coefficient (Wildman–Crippen LogP) is 3.71. The van der Waals surface area contributed by atoms with E-state index < -0.39 is 0 Å². The quantitative estimate of drug-likeness (QED) is 0.779. The Balaban J connectivity index is 2.06. The lowest BCUT2D eigenvalue weighted by Gasteiger charge is -2.23. The number of benzene rings is 1. The van der Waals surface area contributed by atoms with E-state index in [-0.39, 0.29) is 5.82 Å². The van der Waals surface area contributed by atoms with Crippen LogP contribution in [0.4, 0.5) is 4.39 Å². The van der Waals surface area contributed by atoms with E-state index in [4.69, 9.17) is 5.26 Å². The Kier molecular flexibility index (Phi) is 4.55. The normalized spacial score (nSPS) is 14.9. The van der Waals surface area contributed by atoms with Crippen LogP contribution < -0.4 is 0 Å². The zero-order valence-electron chi connectivity index (χ0n) is 11.7. The maximum atomic E-state index is 13.8. The second kappa shape index (κ2) is 6.16. The zero-order chi connectivity index (χ0) is 13.8. The topological polar surface area (TPSA) is 27.0 Å². The van der Waals surface area contributed by atoms with E-state index in [1.54, 1.807) is 6.07 Å². The van der Waals surface area contributed by atoms with Crippen LogP contribution in [-0.2, 0) is 6.54 Å². The standard InChI is InChI=1S/C16H21FN2/c1-12(2)7-8-19(15-4-5-15)11-14-9-13(10-18)3-6-16(14)17/h3,6,9,12,15H,4-5,7-8,11H2,1-2H3. The van der Waals surface area contributed by atoms with Crippen molar-refractivity contribution in [1.29, 1.82) is 5.26 Å². The van der Waals surface area contributed by atoms with Crippen LogP contribution in [-0.4, -0.2) is 17.5 Å². The van der Waals surface area contributed by atoms with Crippen LogP contribution in [0.2, 0.25) is 0 Å². The molecule has 0 heterocycles. The number of halogens is 1. The van der Waals surface area contributed by atoms with Crippen molar-refractivity contribution in [2.24, 2.45) is 5.92 Å². The summed E-state index contributed by atoms with van der Waals surface area (Å²) in [6, 6.07) is 7.31. The second-order valence-corrected chi connectivity index (χ2v) is 5.80. The highest BCUT2D eigenvalue weighted by atomic mass is 19.1. The summed E-state index contributed by atoms with van der Waals surface area (Å²) in [4.78, 5) is 2.36. The first-order chi connectivity index (χ1) is 9.10. The van der Waals surface area contributed by atoms with Crippen molar-refractivity contribution in [3.05, 3.63) is 35.1 Å². The summed E-state index contributed by atoms with van der Waals surface area (Å²) in [6.07, 6.45) is 3.57. The molecule has 1 aromatic carbocycles. The molecule has 0 N–H and O–H groups in total. The van der Waals surface area contributed by atoms with Gasteiger partial charge in [0.1, 0.15) is 5.82 Å². The van der Waals surface area contributed by atoms with Gasteiger partial charge in [0, 0.05) is 18.2 Å². The lowest BCUT2D eigenvalue weighted by Crippen LogP contribution is -2.28. The summed E-state index contributed by atoms with van der Waals surface area (Å²) in [7, 11) is 0. The van der Waals surface area contributed by atoms with Gasteiger partial charge in [-0.2, -0.15) is 5.26 Å². The molecule has 1 aliphatic carbocycles. The van der Waals surface area contributed by atoms with Crippen molar-refractivity contribution < 1.29 is 4.39 Å². The van der Waals surface area contributed by atoms with Crippen LogP contribution in [0.5, 0.6) is 0 Å². The fourth-order valence-electron chi connectivity index (χ4n) is 2.24. The molecule has 0 radical (unpaired) electrons. The van der Waals surface area contributed by atoms with Crippen LogP contribution in [0.1, 0.15) is 44.2 Å². The Morgan fingerprint density at radius 2 is 2.16 bits per heavy atom. The van der Waals surface area contributed by atoms with Gasteiger partial charge >= 0.3 is 0 Å². The van der Waals surface area contributed by atoms with E-state index in [1.165, 1.54) is 25.0 Å². The van der Waals surface area contributed by atoms with Gasteiger partial charge in [0.2, 0.25) is 0 Å². The lowest BCUT2D eigenvalue weighted by atomic mass is 10.1. The number of rotatable bonds is 6. The van der Waals surface area contributed by atoms with Crippen molar-refractivity contribution >= 4 is 0 Å². The molecule has 2 rings (SSSR count). The molecule has 0 aromatic heterocycles. The molecule has 2 nitrogen and oxygen atoms in total. The molecule has 0 atom stereocenters. The van der Waals surface area contributed by atoms with Gasteiger partial charge < -0.3 is 0 Å². The molecule has 0 saturated heterocycles. The first kappa shape index (κ1) is 14.0. The molecule has 1 saturated carbocycles. The maximum Gasteiger partial charge on any atom is 0.127 e. The highest BCUT2D eigenvalue weighted by molar-refractivity contribution is 5.33. The van der Waals surface area contributed by atoms with Crippen molar-refractivity contribution in [3.63, 3.8) is 0 Å². The fraction of sp³-hybridized carbons (Fsp3) is 0.562. The average molecular weight is 260 g/mol. The van der Waals surface area contributed by atoms with Gasteiger partial charge in [0.15, 0.2) is 0 Å². The third-order valence-corrected chi connectivity index (χ3v) is 3.61. The molecule has 1 aliphatic rings. The van der Waals surface area contributed by atoms with Gasteiger partial charge in [-0.15, -0.1) is 0 Å². The molecule has 1 fully saturated rings. The van der Waals surface area contributed by atoms with Crippen LogP contribution in [0.15, 0.2) is 18.2 Å². The fourth-order valence-corrected chi connectivity index (χ4v) is 2.24. The molecule has 19 heavy (non-hydrogen) atoms. The Morgan fingerprint density at radius 1 is 1.42 bits per heavy atom. The predicted molar refractivity (Wildman–Crippen MR) is 74.0 cm³/mol. The Bertz CT molecular complexity index is 472. The van der Waals surface area contributed by atoms with Crippen molar-refractivity contribution in [1.82, 2.24) is 4.90 Å². The minimum Gasteiger partial charge on any atom is -0.296 e. The van der Waals surface area contributed by atoms with E-state index >= 15 is 0 Å². The first-order valence-electron chi connectivity index (χ1n) is 7.02. The van der Waals surface area contributed by atoms with Crippen molar-refractivity contribution in [3.8, 4) is 6.07 Å². The third-order valence-electron chi connectivity index (χ3n) is 3.61. The number of hydrogen-bond acceptors (Lipinski definition) is 2. The monoisotopic (exact) mass is 260 g/mol. The van der Waals surface area contributed by atoms with Gasteiger partial charge in [-0.25, -0.2) is 4.39 Å². The molecule has 0 amide bonds. The summed E-state index contributed by atoms with van der Waals surface area (Å²) in [5.74, 6) is 0.464. The number of nitrogens with zero attached hydrogens (tertiary/aromatic N) is 2. The average Bonchev–Trinajstić information content (AvgIpc) is 3.20. The van der Waals surface area contributed by atoms with Crippen LogP contribution in [0, 0.1) is 23.1 Å². The molecule has 0 bridgehead atoms. The summed E-state index contributed by atoms with van der Waals surface area (Å²) in [5.41, 5.74) is 1.19. The highest BCUT2D eigenvalue weighted by Crippen LogP contribution is 2.29. The molecule has 1 aromatic rings. The summed E-state index contributed by atoms with van der Waals surface area (Å²) < 4.78 is 13.8. The Labute approximate surface area is 114 Å². The van der Waals surface area contributed by atoms with E-state index in [0.717, 1.165) is 13.0 Å². The molecule has 0 unspecified atom stereocenters. The molecule has 0 aliphatic heterocycles. The molecule has 3 heteroatoms. The largest absolute Gasteiger partial charge is 0.296 e. The van der Waals surface area contributed by atoms with Gasteiger partial charge in [-0.1, -0.05) is 13.8 Å².